The van der Waals surface area contributed by atoms with Gasteiger partial charge in [0.2, 0.25) is 0 Å². The maximum absolute atomic E-state index is 13.2. The fourth-order valence-electron chi connectivity index (χ4n) is 2.29. The second-order valence-corrected chi connectivity index (χ2v) is 5.59. The van der Waals surface area contributed by atoms with Crippen molar-refractivity contribution in [1.82, 2.24) is 10.3 Å². The highest BCUT2D eigenvalue weighted by atomic mass is 32.1. The Morgan fingerprint density at radius 2 is 2.33 bits per heavy atom. The zero-order valence-electron chi connectivity index (χ0n) is 10.2. The van der Waals surface area contributed by atoms with Gasteiger partial charge >= 0.3 is 0 Å². The van der Waals surface area contributed by atoms with Crippen LogP contribution in [0.5, 0.6) is 0 Å². The molecule has 18 heavy (non-hydrogen) atoms. The first kappa shape index (κ1) is 11.8. The van der Waals surface area contributed by atoms with E-state index in [2.05, 4.69) is 15.7 Å². The summed E-state index contributed by atoms with van der Waals surface area (Å²) in [6.45, 7) is 3.88. The van der Waals surface area contributed by atoms with Crippen molar-refractivity contribution in [3.05, 3.63) is 40.7 Å². The number of aryl methyl sites for hydroxylation is 1. The Hall–Kier alpha value is -1.26. The number of nitrogens with zero attached hydrogens (tertiary/aromatic N) is 1. The molecule has 0 amide bonds. The molecule has 1 N–H and O–H groups in total. The predicted molar refractivity (Wildman–Crippen MR) is 72.5 cm³/mol. The van der Waals surface area contributed by atoms with Crippen LogP contribution in [-0.4, -0.2) is 18.1 Å². The monoisotopic (exact) mass is 262 g/mol. The number of rotatable bonds is 2. The number of hydrogen-bond donors (Lipinski definition) is 1. The molecule has 1 aliphatic rings. The zero-order valence-corrected chi connectivity index (χ0v) is 11.1. The highest BCUT2D eigenvalue weighted by Gasteiger charge is 2.19. The Morgan fingerprint density at radius 1 is 1.44 bits per heavy atom. The van der Waals surface area contributed by atoms with Crippen molar-refractivity contribution >= 4 is 11.3 Å². The minimum absolute atomic E-state index is 0.157. The highest BCUT2D eigenvalue weighted by molar-refractivity contribution is 7.13. The summed E-state index contributed by atoms with van der Waals surface area (Å²) in [5, 5.41) is 6.47. The van der Waals surface area contributed by atoms with Gasteiger partial charge < -0.3 is 5.32 Å². The number of nitrogens with one attached hydrogen (secondary N) is 1. The first-order chi connectivity index (χ1) is 8.74. The Bertz CT molecular complexity index is 559. The quantitative estimate of drug-likeness (QED) is 0.898. The summed E-state index contributed by atoms with van der Waals surface area (Å²) < 4.78 is 13.2. The van der Waals surface area contributed by atoms with Gasteiger partial charge in [-0.2, -0.15) is 0 Å². The van der Waals surface area contributed by atoms with Crippen LogP contribution in [-0.2, 0) is 0 Å². The standard InChI is InChI=1S/C14H15FN2S/c1-9-6-10(2-3-12(9)15)14-17-13(8-18-14)11-4-5-16-7-11/h2-3,6,8,11,16H,4-5,7H2,1H3. The summed E-state index contributed by atoms with van der Waals surface area (Å²) >= 11 is 1.64. The van der Waals surface area contributed by atoms with Gasteiger partial charge in [-0.1, -0.05) is 0 Å². The minimum Gasteiger partial charge on any atom is -0.316 e. The van der Waals surface area contributed by atoms with E-state index >= 15 is 0 Å². The minimum atomic E-state index is -0.157. The van der Waals surface area contributed by atoms with Crippen molar-refractivity contribution in [3.63, 3.8) is 0 Å². The third-order valence-corrected chi connectivity index (χ3v) is 4.32. The molecule has 0 spiro atoms. The number of halogens is 1. The molecule has 1 aliphatic heterocycles. The molecule has 1 saturated heterocycles. The van der Waals surface area contributed by atoms with Crippen molar-refractivity contribution < 1.29 is 4.39 Å². The van der Waals surface area contributed by atoms with Gasteiger partial charge in [0.25, 0.3) is 0 Å². The lowest BCUT2D eigenvalue weighted by molar-refractivity contribution is 0.619. The second kappa shape index (κ2) is 4.78. The third-order valence-electron chi connectivity index (χ3n) is 3.41. The Balaban J connectivity index is 1.89. The van der Waals surface area contributed by atoms with E-state index in [1.54, 1.807) is 24.3 Å². The Kier molecular flexibility index (Phi) is 3.14. The van der Waals surface area contributed by atoms with E-state index in [0.29, 0.717) is 11.5 Å². The zero-order chi connectivity index (χ0) is 12.5. The van der Waals surface area contributed by atoms with Crippen LogP contribution in [0.1, 0.15) is 23.6 Å². The van der Waals surface area contributed by atoms with Crippen LogP contribution in [0.2, 0.25) is 0 Å². The smallest absolute Gasteiger partial charge is 0.126 e. The molecule has 2 nitrogen and oxygen atoms in total. The van der Waals surface area contributed by atoms with Crippen molar-refractivity contribution in [1.29, 1.82) is 0 Å². The largest absolute Gasteiger partial charge is 0.316 e. The van der Waals surface area contributed by atoms with E-state index in [9.17, 15) is 4.39 Å². The van der Waals surface area contributed by atoms with Crippen LogP contribution >= 0.6 is 11.3 Å². The molecule has 2 heterocycles. The van der Waals surface area contributed by atoms with Crippen LogP contribution in [0, 0.1) is 12.7 Å². The lowest BCUT2D eigenvalue weighted by Gasteiger charge is -2.03. The summed E-state index contributed by atoms with van der Waals surface area (Å²) in [7, 11) is 0. The molecule has 1 unspecified atom stereocenters. The first-order valence-corrected chi connectivity index (χ1v) is 7.04. The summed E-state index contributed by atoms with van der Waals surface area (Å²) in [5.74, 6) is 0.382. The van der Waals surface area contributed by atoms with Gasteiger partial charge in [0.05, 0.1) is 5.69 Å². The van der Waals surface area contributed by atoms with E-state index in [-0.39, 0.29) is 5.82 Å². The predicted octanol–water partition coefficient (Wildman–Crippen LogP) is 3.33. The Morgan fingerprint density at radius 3 is 3.06 bits per heavy atom. The molecule has 1 aromatic carbocycles. The van der Waals surface area contributed by atoms with Gasteiger partial charge in [0.1, 0.15) is 10.8 Å². The van der Waals surface area contributed by atoms with Crippen molar-refractivity contribution in [2.75, 3.05) is 13.1 Å². The van der Waals surface area contributed by atoms with Gasteiger partial charge in [-0.05, 0) is 43.7 Å². The highest BCUT2D eigenvalue weighted by Crippen LogP contribution is 2.30. The summed E-state index contributed by atoms with van der Waals surface area (Å²) in [4.78, 5) is 4.69. The van der Waals surface area contributed by atoms with Crippen molar-refractivity contribution in [3.8, 4) is 10.6 Å². The normalized spacial score (nSPS) is 19.3. The van der Waals surface area contributed by atoms with Gasteiger partial charge in [0, 0.05) is 23.4 Å². The summed E-state index contributed by atoms with van der Waals surface area (Å²) in [6, 6.07) is 5.19. The second-order valence-electron chi connectivity index (χ2n) is 4.73. The van der Waals surface area contributed by atoms with Crippen LogP contribution in [0.4, 0.5) is 4.39 Å². The molecular formula is C14H15FN2S. The molecule has 3 rings (SSSR count). The maximum Gasteiger partial charge on any atom is 0.126 e. The molecule has 1 atom stereocenters. The van der Waals surface area contributed by atoms with Crippen molar-refractivity contribution in [2.45, 2.75) is 19.3 Å². The van der Waals surface area contributed by atoms with Gasteiger partial charge in [-0.3, -0.25) is 0 Å². The molecule has 0 saturated carbocycles. The van der Waals surface area contributed by atoms with E-state index in [1.807, 2.05) is 6.07 Å². The fourth-order valence-corrected chi connectivity index (χ4v) is 3.19. The molecule has 2 aromatic rings. The Labute approximate surface area is 110 Å². The molecular weight excluding hydrogens is 247 g/mol. The van der Waals surface area contributed by atoms with Gasteiger partial charge in [0.15, 0.2) is 0 Å². The van der Waals surface area contributed by atoms with Crippen LogP contribution in [0.25, 0.3) is 10.6 Å². The van der Waals surface area contributed by atoms with E-state index in [0.717, 1.165) is 30.1 Å². The number of thiazole rings is 1. The van der Waals surface area contributed by atoms with E-state index in [1.165, 1.54) is 11.8 Å². The van der Waals surface area contributed by atoms with Crippen LogP contribution in [0.3, 0.4) is 0 Å². The maximum atomic E-state index is 13.2. The lowest BCUT2D eigenvalue weighted by Crippen LogP contribution is -2.08. The fraction of sp³-hybridized carbons (Fsp3) is 0.357. The third kappa shape index (κ3) is 2.18. The first-order valence-electron chi connectivity index (χ1n) is 6.17. The number of aromatic nitrogens is 1. The summed E-state index contributed by atoms with van der Waals surface area (Å²) in [6.07, 6.45) is 1.16. The molecule has 0 aliphatic carbocycles. The average Bonchev–Trinajstić information content (AvgIpc) is 3.01. The molecule has 1 aromatic heterocycles. The molecule has 1 fully saturated rings. The molecule has 94 valence electrons. The van der Waals surface area contributed by atoms with Gasteiger partial charge in [-0.15, -0.1) is 11.3 Å². The number of benzene rings is 1. The molecule has 0 radical (unpaired) electrons. The van der Waals surface area contributed by atoms with Crippen LogP contribution in [0.15, 0.2) is 23.6 Å². The topological polar surface area (TPSA) is 24.9 Å². The van der Waals surface area contributed by atoms with Crippen molar-refractivity contribution in [2.24, 2.45) is 0 Å². The van der Waals surface area contributed by atoms with E-state index < -0.39 is 0 Å². The molecule has 4 heteroatoms. The average molecular weight is 262 g/mol. The van der Waals surface area contributed by atoms with Gasteiger partial charge in [-0.25, -0.2) is 9.37 Å². The number of hydrogen-bond acceptors (Lipinski definition) is 3. The van der Waals surface area contributed by atoms with Crippen LogP contribution < -0.4 is 5.32 Å². The lowest BCUT2D eigenvalue weighted by atomic mass is 10.1. The SMILES string of the molecule is Cc1cc(-c2nc(C3CCNC3)cs2)ccc1F. The summed E-state index contributed by atoms with van der Waals surface area (Å²) in [5.41, 5.74) is 2.85. The van der Waals surface area contributed by atoms with E-state index in [4.69, 9.17) is 0 Å². The molecule has 0 bridgehead atoms.